The third-order valence-corrected chi connectivity index (χ3v) is 2.15. The molecule has 0 aliphatic carbocycles. The molecular formula is C11H7Cl2NS. The van der Waals surface area contributed by atoms with Crippen LogP contribution in [0.25, 0.3) is 0 Å². The van der Waals surface area contributed by atoms with Gasteiger partial charge in [0, 0.05) is 17.9 Å². The van der Waals surface area contributed by atoms with E-state index in [2.05, 4.69) is 34.2 Å². The molecule has 1 aromatic rings. The van der Waals surface area contributed by atoms with Crippen molar-refractivity contribution in [2.75, 3.05) is 5.88 Å². The second-order valence-corrected chi connectivity index (χ2v) is 3.58. The SMILES string of the molecule is S=C=Nc1ccc(C#CCCCl)cc1Cl. The predicted octanol–water partition coefficient (Wildman–Crippen LogP) is 4.05. The second-order valence-electron chi connectivity index (χ2n) is 2.61. The molecule has 76 valence electrons. The maximum absolute atomic E-state index is 5.95. The van der Waals surface area contributed by atoms with Gasteiger partial charge < -0.3 is 0 Å². The molecule has 1 nitrogen and oxygen atoms in total. The fourth-order valence-corrected chi connectivity index (χ4v) is 1.35. The minimum atomic E-state index is 0.519. The first-order valence-corrected chi connectivity index (χ1v) is 5.52. The van der Waals surface area contributed by atoms with Gasteiger partial charge in [-0.1, -0.05) is 23.4 Å². The Kier molecular flexibility index (Phi) is 5.39. The number of alkyl halides is 1. The van der Waals surface area contributed by atoms with Gasteiger partial charge in [-0.3, -0.25) is 0 Å². The summed E-state index contributed by atoms with van der Waals surface area (Å²) in [5, 5.41) is 2.79. The topological polar surface area (TPSA) is 12.4 Å². The molecule has 0 aliphatic rings. The summed E-state index contributed by atoms with van der Waals surface area (Å²) in [7, 11) is 0. The Balaban J connectivity index is 2.92. The Morgan fingerprint density at radius 3 is 2.80 bits per heavy atom. The zero-order valence-electron chi connectivity index (χ0n) is 7.76. The van der Waals surface area contributed by atoms with E-state index in [0.29, 0.717) is 23.0 Å². The lowest BCUT2D eigenvalue weighted by molar-refractivity contribution is 1.29. The third kappa shape index (κ3) is 4.03. The van der Waals surface area contributed by atoms with Gasteiger partial charge >= 0.3 is 0 Å². The fraction of sp³-hybridized carbons (Fsp3) is 0.182. The van der Waals surface area contributed by atoms with Crippen LogP contribution >= 0.6 is 35.4 Å². The first-order chi connectivity index (χ1) is 7.27. The summed E-state index contributed by atoms with van der Waals surface area (Å²) >= 11 is 15.9. The smallest absolute Gasteiger partial charge is 0.0926 e. The van der Waals surface area contributed by atoms with E-state index in [1.807, 2.05) is 6.07 Å². The summed E-state index contributed by atoms with van der Waals surface area (Å²) in [6.07, 6.45) is 0.666. The third-order valence-electron chi connectivity index (χ3n) is 1.57. The van der Waals surface area contributed by atoms with E-state index in [-0.39, 0.29) is 0 Å². The number of hydrogen-bond donors (Lipinski definition) is 0. The first kappa shape index (κ1) is 12.2. The number of benzene rings is 1. The highest BCUT2D eigenvalue weighted by Crippen LogP contribution is 2.24. The van der Waals surface area contributed by atoms with Crippen molar-refractivity contribution in [3.05, 3.63) is 28.8 Å². The molecule has 0 saturated carbocycles. The van der Waals surface area contributed by atoms with Crippen LogP contribution in [0.15, 0.2) is 23.2 Å². The van der Waals surface area contributed by atoms with E-state index in [9.17, 15) is 0 Å². The van der Waals surface area contributed by atoms with E-state index < -0.39 is 0 Å². The van der Waals surface area contributed by atoms with Crippen LogP contribution in [0.2, 0.25) is 5.02 Å². The van der Waals surface area contributed by atoms with Crippen LogP contribution in [0, 0.1) is 11.8 Å². The summed E-state index contributed by atoms with van der Waals surface area (Å²) in [6.45, 7) is 0. The average Bonchev–Trinajstić information content (AvgIpc) is 2.23. The number of isothiocyanates is 1. The summed E-state index contributed by atoms with van der Waals surface area (Å²) in [6, 6.07) is 5.33. The molecule has 1 aromatic carbocycles. The minimum Gasteiger partial charge on any atom is -0.193 e. The van der Waals surface area contributed by atoms with Gasteiger partial charge in [0.2, 0.25) is 0 Å². The van der Waals surface area contributed by atoms with Crippen molar-refractivity contribution in [3.63, 3.8) is 0 Å². The van der Waals surface area contributed by atoms with E-state index in [1.165, 1.54) is 0 Å². The Bertz CT molecular complexity index is 453. The normalized spacial score (nSPS) is 8.67. The number of thiocarbonyl (C=S) groups is 1. The van der Waals surface area contributed by atoms with Crippen LogP contribution in [-0.2, 0) is 0 Å². The van der Waals surface area contributed by atoms with Crippen molar-refractivity contribution in [1.29, 1.82) is 0 Å². The minimum absolute atomic E-state index is 0.519. The van der Waals surface area contributed by atoms with E-state index in [4.69, 9.17) is 23.2 Å². The number of halogens is 2. The molecule has 0 amide bonds. The molecule has 4 heteroatoms. The van der Waals surface area contributed by atoms with Crippen molar-refractivity contribution in [3.8, 4) is 11.8 Å². The van der Waals surface area contributed by atoms with Crippen LogP contribution in [0.5, 0.6) is 0 Å². The van der Waals surface area contributed by atoms with Gasteiger partial charge in [0.1, 0.15) is 0 Å². The molecular weight excluding hydrogens is 249 g/mol. The Morgan fingerprint density at radius 2 is 2.20 bits per heavy atom. The lowest BCUT2D eigenvalue weighted by Crippen LogP contribution is -1.76. The number of rotatable bonds is 2. The number of aliphatic imine (C=N–C) groups is 1. The van der Waals surface area contributed by atoms with E-state index >= 15 is 0 Å². The highest BCUT2D eigenvalue weighted by Gasteiger charge is 1.97. The van der Waals surface area contributed by atoms with Gasteiger partial charge in [-0.15, -0.1) is 11.6 Å². The fourth-order valence-electron chi connectivity index (χ4n) is 0.936. The Labute approximate surface area is 104 Å². The molecule has 0 radical (unpaired) electrons. The Hall–Kier alpha value is -0.840. The van der Waals surface area contributed by atoms with Gasteiger partial charge in [-0.25, -0.2) is 0 Å². The standard InChI is InChI=1S/C11H7Cl2NS/c12-6-2-1-3-9-4-5-11(14-8-15)10(13)7-9/h4-5,7H,2,6H2. The average molecular weight is 256 g/mol. The van der Waals surface area contributed by atoms with Crippen LogP contribution in [0.1, 0.15) is 12.0 Å². The van der Waals surface area contributed by atoms with Crippen LogP contribution < -0.4 is 0 Å². The molecule has 0 aromatic heterocycles. The highest BCUT2D eigenvalue weighted by molar-refractivity contribution is 7.78. The quantitative estimate of drug-likeness (QED) is 0.336. The monoisotopic (exact) mass is 255 g/mol. The summed E-state index contributed by atoms with van der Waals surface area (Å²) in [4.78, 5) is 3.81. The van der Waals surface area contributed by atoms with Crippen molar-refractivity contribution < 1.29 is 0 Å². The maximum Gasteiger partial charge on any atom is 0.0926 e. The lowest BCUT2D eigenvalue weighted by atomic mass is 10.2. The van der Waals surface area contributed by atoms with Gasteiger partial charge in [0.05, 0.1) is 15.9 Å². The summed E-state index contributed by atoms with van der Waals surface area (Å²) in [5.41, 5.74) is 1.45. The molecule has 15 heavy (non-hydrogen) atoms. The largest absolute Gasteiger partial charge is 0.193 e. The van der Waals surface area contributed by atoms with Crippen molar-refractivity contribution in [2.45, 2.75) is 6.42 Å². The zero-order valence-corrected chi connectivity index (χ0v) is 10.1. The molecule has 0 bridgehead atoms. The molecule has 0 aliphatic heterocycles. The predicted molar refractivity (Wildman–Crippen MR) is 68.4 cm³/mol. The second kappa shape index (κ2) is 6.61. The maximum atomic E-state index is 5.95. The van der Waals surface area contributed by atoms with E-state index in [0.717, 1.165) is 5.56 Å². The van der Waals surface area contributed by atoms with Crippen LogP contribution in [0.3, 0.4) is 0 Å². The molecule has 0 fully saturated rings. The van der Waals surface area contributed by atoms with Crippen molar-refractivity contribution >= 4 is 46.3 Å². The molecule has 0 spiro atoms. The Morgan fingerprint density at radius 1 is 1.40 bits per heavy atom. The van der Waals surface area contributed by atoms with Gasteiger partial charge in [-0.05, 0) is 30.4 Å². The summed E-state index contributed by atoms with van der Waals surface area (Å²) < 4.78 is 0. The van der Waals surface area contributed by atoms with Gasteiger partial charge in [-0.2, -0.15) is 4.99 Å². The van der Waals surface area contributed by atoms with Crippen LogP contribution in [0.4, 0.5) is 5.69 Å². The molecule has 0 heterocycles. The summed E-state index contributed by atoms with van der Waals surface area (Å²) in [5.74, 6) is 6.41. The van der Waals surface area contributed by atoms with Crippen LogP contribution in [-0.4, -0.2) is 11.0 Å². The molecule has 0 N–H and O–H groups in total. The van der Waals surface area contributed by atoms with Gasteiger partial charge in [0.15, 0.2) is 0 Å². The highest BCUT2D eigenvalue weighted by atomic mass is 35.5. The number of nitrogens with zero attached hydrogens (tertiary/aromatic N) is 1. The molecule has 0 saturated heterocycles. The van der Waals surface area contributed by atoms with E-state index in [1.54, 1.807) is 12.1 Å². The molecule has 1 rings (SSSR count). The first-order valence-electron chi connectivity index (χ1n) is 4.20. The lowest BCUT2D eigenvalue weighted by Gasteiger charge is -1.96. The molecule has 0 atom stereocenters. The zero-order chi connectivity index (χ0) is 11.1. The number of hydrogen-bond acceptors (Lipinski definition) is 2. The van der Waals surface area contributed by atoms with Crippen molar-refractivity contribution in [1.82, 2.24) is 0 Å². The van der Waals surface area contributed by atoms with Gasteiger partial charge in [0.25, 0.3) is 0 Å². The molecule has 0 unspecified atom stereocenters. The van der Waals surface area contributed by atoms with Crippen molar-refractivity contribution in [2.24, 2.45) is 4.99 Å².